The molecule has 5 nitrogen and oxygen atoms in total. The molecular formula is C22H25N3O2S. The molecule has 28 heavy (non-hydrogen) atoms. The first-order valence-corrected chi connectivity index (χ1v) is 10.3. The molecule has 2 heterocycles. The summed E-state index contributed by atoms with van der Waals surface area (Å²) < 4.78 is 0. The smallest absolute Gasteiger partial charge is 0.221 e. The Morgan fingerprint density at radius 2 is 1.93 bits per heavy atom. The first-order valence-electron chi connectivity index (χ1n) is 9.47. The molecule has 0 bridgehead atoms. The van der Waals surface area contributed by atoms with Gasteiger partial charge in [0.25, 0.3) is 0 Å². The molecule has 0 spiro atoms. The van der Waals surface area contributed by atoms with E-state index in [0.717, 1.165) is 32.4 Å². The van der Waals surface area contributed by atoms with Gasteiger partial charge in [-0.1, -0.05) is 37.3 Å². The summed E-state index contributed by atoms with van der Waals surface area (Å²) in [6, 6.07) is 11.6. The normalized spacial score (nSPS) is 12.0. The van der Waals surface area contributed by atoms with E-state index in [1.807, 2.05) is 57.2 Å². The number of nitrogens with zero attached hydrogens (tertiary/aromatic N) is 1. The van der Waals surface area contributed by atoms with E-state index in [0.29, 0.717) is 6.42 Å². The van der Waals surface area contributed by atoms with Crippen LogP contribution in [0.1, 0.15) is 58.2 Å². The number of aryl methyl sites for hydroxylation is 2. The van der Waals surface area contributed by atoms with Gasteiger partial charge < -0.3 is 10.3 Å². The predicted molar refractivity (Wildman–Crippen MR) is 113 cm³/mol. The molecule has 146 valence electrons. The summed E-state index contributed by atoms with van der Waals surface area (Å²) in [5, 5.41) is 2.99. The number of hydrogen-bond donors (Lipinski definition) is 2. The van der Waals surface area contributed by atoms with Gasteiger partial charge in [0.1, 0.15) is 5.82 Å². The zero-order valence-corrected chi connectivity index (χ0v) is 17.2. The second-order valence-corrected chi connectivity index (χ2v) is 8.29. The van der Waals surface area contributed by atoms with Gasteiger partial charge in [0.05, 0.1) is 17.9 Å². The molecule has 0 fully saturated rings. The minimum atomic E-state index is -0.204. The van der Waals surface area contributed by atoms with Crippen LogP contribution in [0.5, 0.6) is 0 Å². The Labute approximate surface area is 169 Å². The lowest BCUT2D eigenvalue weighted by molar-refractivity contribution is -0.121. The summed E-state index contributed by atoms with van der Waals surface area (Å²) >= 11 is 1.61. The van der Waals surface area contributed by atoms with E-state index in [1.165, 1.54) is 0 Å². The van der Waals surface area contributed by atoms with Crippen molar-refractivity contribution in [1.29, 1.82) is 0 Å². The summed E-state index contributed by atoms with van der Waals surface area (Å²) in [6.07, 6.45) is 2.89. The van der Waals surface area contributed by atoms with Gasteiger partial charge in [-0.3, -0.25) is 9.59 Å². The Bertz CT molecular complexity index is 959. The Kier molecular flexibility index (Phi) is 6.41. The van der Waals surface area contributed by atoms with Crippen molar-refractivity contribution in [3.63, 3.8) is 0 Å². The third kappa shape index (κ3) is 4.75. The van der Waals surface area contributed by atoms with E-state index in [-0.39, 0.29) is 30.6 Å². The van der Waals surface area contributed by atoms with Gasteiger partial charge in [-0.2, -0.15) is 0 Å². The van der Waals surface area contributed by atoms with E-state index in [9.17, 15) is 9.59 Å². The number of amides is 1. The van der Waals surface area contributed by atoms with Gasteiger partial charge in [-0.15, -0.1) is 11.3 Å². The molecule has 1 amide bonds. The third-order valence-corrected chi connectivity index (χ3v) is 5.64. The highest BCUT2D eigenvalue weighted by Crippen LogP contribution is 2.23. The fourth-order valence-corrected chi connectivity index (χ4v) is 4.12. The topological polar surface area (TPSA) is 74.8 Å². The first-order chi connectivity index (χ1) is 13.5. The first kappa shape index (κ1) is 20.0. The van der Waals surface area contributed by atoms with Crippen molar-refractivity contribution in [2.75, 3.05) is 0 Å². The molecule has 0 aliphatic rings. The highest BCUT2D eigenvalue weighted by Gasteiger charge is 2.18. The number of hydrogen-bond acceptors (Lipinski definition) is 4. The molecule has 1 unspecified atom stereocenters. The number of benzene rings is 1. The Balaban J connectivity index is 1.58. The van der Waals surface area contributed by atoms with Crippen LogP contribution in [0, 0.1) is 13.8 Å². The van der Waals surface area contributed by atoms with Crippen molar-refractivity contribution in [3.05, 3.63) is 63.7 Å². The lowest BCUT2D eigenvalue weighted by atomic mass is 10.1. The van der Waals surface area contributed by atoms with Gasteiger partial charge in [0.15, 0.2) is 5.78 Å². The zero-order chi connectivity index (χ0) is 20.1. The van der Waals surface area contributed by atoms with Crippen molar-refractivity contribution < 1.29 is 9.59 Å². The number of thiophene rings is 1. The molecule has 1 atom stereocenters. The fourth-order valence-electron chi connectivity index (χ4n) is 3.18. The van der Waals surface area contributed by atoms with Gasteiger partial charge in [0.2, 0.25) is 5.91 Å². The summed E-state index contributed by atoms with van der Waals surface area (Å²) in [7, 11) is 0. The third-order valence-electron chi connectivity index (χ3n) is 4.67. The molecular weight excluding hydrogens is 370 g/mol. The monoisotopic (exact) mass is 395 g/mol. The van der Waals surface area contributed by atoms with Crippen molar-refractivity contribution in [2.24, 2.45) is 0 Å². The molecule has 0 saturated heterocycles. The lowest BCUT2D eigenvalue weighted by Gasteiger charge is -2.14. The zero-order valence-electron chi connectivity index (χ0n) is 16.4. The van der Waals surface area contributed by atoms with E-state index in [2.05, 4.69) is 15.3 Å². The molecule has 0 aliphatic carbocycles. The van der Waals surface area contributed by atoms with Crippen LogP contribution in [0.2, 0.25) is 0 Å². The molecule has 0 aliphatic heterocycles. The second kappa shape index (κ2) is 8.97. The summed E-state index contributed by atoms with van der Waals surface area (Å²) in [5.41, 5.74) is 2.71. The van der Waals surface area contributed by atoms with Crippen LogP contribution in [0.3, 0.4) is 0 Å². The fraction of sp³-hybridized carbons (Fsp3) is 0.318. The largest absolute Gasteiger partial charge is 0.346 e. The SMILES string of the molecule is CCC(NC(=O)CCC(=O)c1cc(C)sc1C)c1ncc(-c2ccccc2)[nH]1. The van der Waals surface area contributed by atoms with Crippen LogP contribution in [0.25, 0.3) is 11.3 Å². The number of carbonyl (C=O) groups is 2. The van der Waals surface area contributed by atoms with Crippen LogP contribution >= 0.6 is 11.3 Å². The van der Waals surface area contributed by atoms with E-state index < -0.39 is 0 Å². The van der Waals surface area contributed by atoms with E-state index in [4.69, 9.17) is 0 Å². The highest BCUT2D eigenvalue weighted by atomic mass is 32.1. The van der Waals surface area contributed by atoms with Crippen LogP contribution in [-0.4, -0.2) is 21.7 Å². The summed E-state index contributed by atoms with van der Waals surface area (Å²) in [6.45, 7) is 5.93. The van der Waals surface area contributed by atoms with Crippen molar-refractivity contribution in [1.82, 2.24) is 15.3 Å². The van der Waals surface area contributed by atoms with Gasteiger partial charge >= 0.3 is 0 Å². The highest BCUT2D eigenvalue weighted by molar-refractivity contribution is 7.12. The minimum Gasteiger partial charge on any atom is -0.346 e. The molecule has 0 radical (unpaired) electrons. The average molecular weight is 396 g/mol. The van der Waals surface area contributed by atoms with Gasteiger partial charge in [-0.05, 0) is 31.9 Å². The summed E-state index contributed by atoms with van der Waals surface area (Å²) in [4.78, 5) is 34.6. The second-order valence-electron chi connectivity index (χ2n) is 6.83. The number of Topliss-reactive ketones (excluding diaryl/α,β-unsaturated/α-hetero) is 1. The molecule has 2 aromatic heterocycles. The van der Waals surface area contributed by atoms with Crippen LogP contribution < -0.4 is 5.32 Å². The number of nitrogens with one attached hydrogen (secondary N) is 2. The Morgan fingerprint density at radius 1 is 1.18 bits per heavy atom. The number of aromatic nitrogens is 2. The number of ketones is 1. The molecule has 1 aromatic carbocycles. The molecule has 2 N–H and O–H groups in total. The standard InChI is InChI=1S/C22H25N3O2S/c1-4-18(22-23-13-19(25-22)16-8-6-5-7-9-16)24-21(27)11-10-20(26)17-12-14(2)28-15(17)3/h5-9,12-13,18H,4,10-11H2,1-3H3,(H,23,25)(H,24,27). The number of rotatable bonds is 8. The lowest BCUT2D eigenvalue weighted by Crippen LogP contribution is -2.29. The van der Waals surface area contributed by atoms with Crippen molar-refractivity contribution in [3.8, 4) is 11.3 Å². The van der Waals surface area contributed by atoms with Crippen LogP contribution in [0.4, 0.5) is 0 Å². The Hall–Kier alpha value is -2.73. The molecule has 3 aromatic rings. The number of aromatic amines is 1. The Morgan fingerprint density at radius 3 is 2.57 bits per heavy atom. The predicted octanol–water partition coefficient (Wildman–Crippen LogP) is 4.99. The van der Waals surface area contributed by atoms with Crippen molar-refractivity contribution >= 4 is 23.0 Å². The number of carbonyl (C=O) groups excluding carboxylic acids is 2. The summed E-state index contributed by atoms with van der Waals surface area (Å²) in [5.74, 6) is 0.613. The minimum absolute atomic E-state index is 0.0226. The van der Waals surface area contributed by atoms with Crippen LogP contribution in [-0.2, 0) is 4.79 Å². The quantitative estimate of drug-likeness (QED) is 0.528. The maximum Gasteiger partial charge on any atom is 0.221 e. The molecule has 3 rings (SSSR count). The molecule has 0 saturated carbocycles. The number of H-pyrrole nitrogens is 1. The van der Waals surface area contributed by atoms with Crippen LogP contribution in [0.15, 0.2) is 42.6 Å². The van der Waals surface area contributed by atoms with E-state index in [1.54, 1.807) is 17.5 Å². The average Bonchev–Trinajstić information content (AvgIpc) is 3.31. The van der Waals surface area contributed by atoms with E-state index >= 15 is 0 Å². The van der Waals surface area contributed by atoms with Gasteiger partial charge in [0, 0.05) is 28.2 Å². The maximum absolute atomic E-state index is 12.4. The number of imidazole rings is 1. The van der Waals surface area contributed by atoms with Gasteiger partial charge in [-0.25, -0.2) is 4.98 Å². The maximum atomic E-state index is 12.4. The molecule has 6 heteroatoms. The van der Waals surface area contributed by atoms with Crippen molar-refractivity contribution in [2.45, 2.75) is 46.1 Å².